The zero-order valence-corrected chi connectivity index (χ0v) is 16.9. The molecule has 1 aromatic rings. The second-order valence-corrected chi connectivity index (χ2v) is 7.82. The van der Waals surface area contributed by atoms with Crippen LogP contribution in [0.4, 0.5) is 0 Å². The van der Waals surface area contributed by atoms with E-state index in [0.717, 1.165) is 51.9 Å². The maximum atomic E-state index is 12.7. The molecule has 1 N–H and O–H groups in total. The van der Waals surface area contributed by atoms with Crippen molar-refractivity contribution in [2.24, 2.45) is 5.92 Å². The van der Waals surface area contributed by atoms with E-state index >= 15 is 0 Å². The van der Waals surface area contributed by atoms with Crippen molar-refractivity contribution >= 4 is 42.1 Å². The molecular formula is C17H29Cl2N3OS. The van der Waals surface area contributed by atoms with E-state index in [2.05, 4.69) is 29.4 Å². The van der Waals surface area contributed by atoms with Gasteiger partial charge in [0.25, 0.3) is 0 Å². The van der Waals surface area contributed by atoms with Gasteiger partial charge in [0.2, 0.25) is 5.91 Å². The summed E-state index contributed by atoms with van der Waals surface area (Å²) < 4.78 is 0. The molecule has 0 aromatic carbocycles. The standard InChI is InChI=1S/C17H27N3OS.2ClH/c1-12(2)15-11-22-16(19-15)14-6-4-8-20(10-14)17(21)13-5-3-7-18-9-13;;/h11-14,18H,3-10H2,1-2H3;2*1H. The monoisotopic (exact) mass is 393 g/mol. The van der Waals surface area contributed by atoms with Crippen LogP contribution in [0.5, 0.6) is 0 Å². The third-order valence-corrected chi connectivity index (χ3v) is 5.89. The van der Waals surface area contributed by atoms with Crippen LogP contribution in [0.15, 0.2) is 5.38 Å². The van der Waals surface area contributed by atoms with Crippen molar-refractivity contribution in [2.45, 2.75) is 51.4 Å². The van der Waals surface area contributed by atoms with Crippen molar-refractivity contribution in [1.82, 2.24) is 15.2 Å². The number of carbonyl (C=O) groups excluding carboxylic acids is 1. The number of likely N-dealkylation sites (tertiary alicyclic amines) is 1. The van der Waals surface area contributed by atoms with Gasteiger partial charge in [0.05, 0.1) is 16.6 Å². The lowest BCUT2D eigenvalue weighted by molar-refractivity contribution is -0.137. The highest BCUT2D eigenvalue weighted by Crippen LogP contribution is 2.31. The van der Waals surface area contributed by atoms with E-state index < -0.39 is 0 Å². The van der Waals surface area contributed by atoms with Gasteiger partial charge in [0, 0.05) is 30.9 Å². The molecule has 2 saturated heterocycles. The largest absolute Gasteiger partial charge is 0.342 e. The van der Waals surface area contributed by atoms with E-state index in [1.165, 1.54) is 10.7 Å². The Morgan fingerprint density at radius 2 is 2.12 bits per heavy atom. The Bertz CT molecular complexity index is 518. The molecule has 1 aromatic heterocycles. The van der Waals surface area contributed by atoms with Gasteiger partial charge >= 0.3 is 0 Å². The predicted octanol–water partition coefficient (Wildman–Crippen LogP) is 3.82. The van der Waals surface area contributed by atoms with Gasteiger partial charge in [-0.05, 0) is 38.1 Å². The third kappa shape index (κ3) is 5.07. The van der Waals surface area contributed by atoms with Crippen LogP contribution in [0.2, 0.25) is 0 Å². The first kappa shape index (κ1) is 21.7. The molecule has 2 atom stereocenters. The molecular weight excluding hydrogens is 365 g/mol. The molecule has 0 saturated carbocycles. The summed E-state index contributed by atoms with van der Waals surface area (Å²) in [6.07, 6.45) is 4.44. The summed E-state index contributed by atoms with van der Waals surface area (Å²) in [7, 11) is 0. The molecule has 2 fully saturated rings. The van der Waals surface area contributed by atoms with Crippen LogP contribution < -0.4 is 5.32 Å². The van der Waals surface area contributed by atoms with Gasteiger partial charge in [-0.1, -0.05) is 13.8 Å². The van der Waals surface area contributed by atoms with Crippen LogP contribution in [-0.2, 0) is 4.79 Å². The molecule has 2 aliphatic rings. The Balaban J connectivity index is 0.00000144. The fraction of sp³-hybridized carbons (Fsp3) is 0.765. The first-order valence-electron chi connectivity index (χ1n) is 8.60. The summed E-state index contributed by atoms with van der Waals surface area (Å²) in [4.78, 5) is 19.6. The number of amides is 1. The van der Waals surface area contributed by atoms with Crippen LogP contribution in [0, 0.1) is 5.92 Å². The summed E-state index contributed by atoms with van der Waals surface area (Å²) in [6.45, 7) is 8.07. The van der Waals surface area contributed by atoms with Gasteiger partial charge in [-0.15, -0.1) is 36.2 Å². The Labute approximate surface area is 161 Å². The lowest BCUT2D eigenvalue weighted by Gasteiger charge is -2.35. The number of hydrogen-bond donors (Lipinski definition) is 1. The van der Waals surface area contributed by atoms with Crippen LogP contribution >= 0.6 is 36.2 Å². The van der Waals surface area contributed by atoms with Crippen molar-refractivity contribution in [3.8, 4) is 0 Å². The van der Waals surface area contributed by atoms with Gasteiger partial charge in [-0.2, -0.15) is 0 Å². The van der Waals surface area contributed by atoms with Crippen LogP contribution in [-0.4, -0.2) is 42.0 Å². The van der Waals surface area contributed by atoms with E-state index in [4.69, 9.17) is 4.98 Å². The molecule has 2 aliphatic heterocycles. The minimum Gasteiger partial charge on any atom is -0.342 e. The Hall–Kier alpha value is -0.360. The Kier molecular flexibility index (Phi) is 8.99. The van der Waals surface area contributed by atoms with Crippen LogP contribution in [0.1, 0.15) is 62.1 Å². The number of aromatic nitrogens is 1. The Morgan fingerprint density at radius 3 is 2.75 bits per heavy atom. The van der Waals surface area contributed by atoms with Crippen molar-refractivity contribution in [1.29, 1.82) is 0 Å². The van der Waals surface area contributed by atoms with E-state index in [1.54, 1.807) is 11.3 Å². The molecule has 1 amide bonds. The molecule has 7 heteroatoms. The van der Waals surface area contributed by atoms with Gasteiger partial charge in [0.1, 0.15) is 0 Å². The maximum absolute atomic E-state index is 12.7. The van der Waals surface area contributed by atoms with E-state index in [-0.39, 0.29) is 30.7 Å². The fourth-order valence-corrected chi connectivity index (χ4v) is 4.56. The van der Waals surface area contributed by atoms with E-state index in [0.29, 0.717) is 17.7 Å². The molecule has 4 nitrogen and oxygen atoms in total. The molecule has 24 heavy (non-hydrogen) atoms. The average molecular weight is 394 g/mol. The molecule has 3 heterocycles. The van der Waals surface area contributed by atoms with E-state index in [1.807, 2.05) is 0 Å². The van der Waals surface area contributed by atoms with Crippen molar-refractivity contribution in [2.75, 3.05) is 26.2 Å². The number of halogens is 2. The normalized spacial score (nSPS) is 24.2. The molecule has 0 spiro atoms. The topological polar surface area (TPSA) is 45.2 Å². The average Bonchev–Trinajstić information content (AvgIpc) is 3.05. The predicted molar refractivity (Wildman–Crippen MR) is 105 cm³/mol. The summed E-state index contributed by atoms with van der Waals surface area (Å²) in [5.41, 5.74) is 1.19. The maximum Gasteiger partial charge on any atom is 0.226 e. The number of nitrogens with one attached hydrogen (secondary N) is 1. The molecule has 138 valence electrons. The van der Waals surface area contributed by atoms with Gasteiger partial charge in [0.15, 0.2) is 0 Å². The zero-order chi connectivity index (χ0) is 15.5. The van der Waals surface area contributed by atoms with Gasteiger partial charge in [-0.25, -0.2) is 4.98 Å². The number of thiazole rings is 1. The second-order valence-electron chi connectivity index (χ2n) is 6.93. The minimum absolute atomic E-state index is 0. The number of carbonyl (C=O) groups is 1. The summed E-state index contributed by atoms with van der Waals surface area (Å²) in [6, 6.07) is 0. The molecule has 3 rings (SSSR count). The molecule has 0 radical (unpaired) electrons. The van der Waals surface area contributed by atoms with Crippen molar-refractivity contribution in [3.63, 3.8) is 0 Å². The van der Waals surface area contributed by atoms with E-state index in [9.17, 15) is 4.79 Å². The minimum atomic E-state index is 0. The number of nitrogens with zero attached hydrogens (tertiary/aromatic N) is 2. The summed E-state index contributed by atoms with van der Waals surface area (Å²) >= 11 is 1.77. The second kappa shape index (κ2) is 9.95. The van der Waals surface area contributed by atoms with Crippen LogP contribution in [0.25, 0.3) is 0 Å². The van der Waals surface area contributed by atoms with Crippen molar-refractivity contribution < 1.29 is 4.79 Å². The van der Waals surface area contributed by atoms with Crippen molar-refractivity contribution in [3.05, 3.63) is 16.1 Å². The highest BCUT2D eigenvalue weighted by atomic mass is 35.5. The first-order valence-corrected chi connectivity index (χ1v) is 9.48. The lowest BCUT2D eigenvalue weighted by atomic mass is 9.94. The molecule has 2 unspecified atom stereocenters. The highest BCUT2D eigenvalue weighted by Gasteiger charge is 2.31. The summed E-state index contributed by atoms with van der Waals surface area (Å²) in [5.74, 6) is 1.47. The molecule has 0 aliphatic carbocycles. The quantitative estimate of drug-likeness (QED) is 0.848. The van der Waals surface area contributed by atoms with Gasteiger partial charge < -0.3 is 10.2 Å². The number of hydrogen-bond acceptors (Lipinski definition) is 4. The molecule has 0 bridgehead atoms. The van der Waals surface area contributed by atoms with Gasteiger partial charge in [-0.3, -0.25) is 4.79 Å². The fourth-order valence-electron chi connectivity index (χ4n) is 3.45. The summed E-state index contributed by atoms with van der Waals surface area (Å²) in [5, 5.41) is 6.77. The SMILES string of the molecule is CC(C)c1csc(C2CCCN(C(=O)C3CCCNC3)C2)n1.Cl.Cl. The number of rotatable bonds is 3. The van der Waals surface area contributed by atoms with Crippen LogP contribution in [0.3, 0.4) is 0 Å². The smallest absolute Gasteiger partial charge is 0.226 e. The third-order valence-electron chi connectivity index (χ3n) is 4.86. The highest BCUT2D eigenvalue weighted by molar-refractivity contribution is 7.09. The number of piperidine rings is 2. The Morgan fingerprint density at radius 1 is 1.33 bits per heavy atom. The zero-order valence-electron chi connectivity index (χ0n) is 14.5. The lowest BCUT2D eigenvalue weighted by Crippen LogP contribution is -2.46. The first-order chi connectivity index (χ1) is 10.6.